The van der Waals surface area contributed by atoms with Crippen LogP contribution in [-0.2, 0) is 17.4 Å². The third kappa shape index (κ3) is 5.25. The fourth-order valence-electron chi connectivity index (χ4n) is 2.72. The van der Waals surface area contributed by atoms with Crippen LogP contribution in [0.2, 0.25) is 5.02 Å². The summed E-state index contributed by atoms with van der Waals surface area (Å²) >= 11 is 7.19. The van der Waals surface area contributed by atoms with Gasteiger partial charge in [-0.1, -0.05) is 29.8 Å². The van der Waals surface area contributed by atoms with Crippen molar-refractivity contribution in [2.45, 2.75) is 19.5 Å². The summed E-state index contributed by atoms with van der Waals surface area (Å²) in [6.07, 6.45) is -4.66. The normalized spacial score (nSPS) is 11.3. The molecule has 0 aliphatic rings. The summed E-state index contributed by atoms with van der Waals surface area (Å²) in [6.45, 7) is 1.39. The number of amides is 1. The summed E-state index contributed by atoms with van der Waals surface area (Å²) in [5, 5.41) is 4.53. The Morgan fingerprint density at radius 1 is 1.07 bits per heavy atom. The van der Waals surface area contributed by atoms with Gasteiger partial charge in [0.25, 0.3) is 0 Å². The first kappa shape index (κ1) is 21.1. The SMILES string of the molecule is CC(=O)c1cc(-c2cc(NC(=O)Cc3ccccc3Cl)cc(C(F)(F)F)c2)cs1. The number of Topliss-reactive ketones (excluding diaryl/α,β-unsaturated/α-hetero) is 1. The number of thiophene rings is 1. The summed E-state index contributed by atoms with van der Waals surface area (Å²) in [5.74, 6) is -0.653. The molecule has 3 nitrogen and oxygen atoms in total. The lowest BCUT2D eigenvalue weighted by Gasteiger charge is -2.13. The Labute approximate surface area is 174 Å². The largest absolute Gasteiger partial charge is 0.416 e. The van der Waals surface area contributed by atoms with E-state index in [-0.39, 0.29) is 23.5 Å². The van der Waals surface area contributed by atoms with Gasteiger partial charge in [0.05, 0.1) is 16.9 Å². The molecular formula is C21H15ClF3NO2S. The molecule has 0 fully saturated rings. The Kier molecular flexibility index (Phi) is 6.10. The molecule has 29 heavy (non-hydrogen) atoms. The number of rotatable bonds is 5. The van der Waals surface area contributed by atoms with Gasteiger partial charge in [0.15, 0.2) is 5.78 Å². The third-order valence-corrected chi connectivity index (χ3v) is 5.53. The molecule has 8 heteroatoms. The van der Waals surface area contributed by atoms with Crippen LogP contribution in [0.3, 0.4) is 0 Å². The van der Waals surface area contributed by atoms with Crippen molar-refractivity contribution >= 4 is 40.3 Å². The molecule has 0 saturated carbocycles. The van der Waals surface area contributed by atoms with Crippen LogP contribution < -0.4 is 5.32 Å². The van der Waals surface area contributed by atoms with Crippen molar-refractivity contribution in [1.29, 1.82) is 0 Å². The Morgan fingerprint density at radius 2 is 1.79 bits per heavy atom. The van der Waals surface area contributed by atoms with E-state index >= 15 is 0 Å². The van der Waals surface area contributed by atoms with Crippen molar-refractivity contribution < 1.29 is 22.8 Å². The van der Waals surface area contributed by atoms with Crippen LogP contribution in [0.5, 0.6) is 0 Å². The minimum atomic E-state index is -4.59. The molecule has 0 atom stereocenters. The zero-order valence-electron chi connectivity index (χ0n) is 15.1. The lowest BCUT2D eigenvalue weighted by atomic mass is 10.0. The van der Waals surface area contributed by atoms with E-state index in [9.17, 15) is 22.8 Å². The maximum atomic E-state index is 13.4. The minimum Gasteiger partial charge on any atom is -0.326 e. The summed E-state index contributed by atoms with van der Waals surface area (Å²) in [6, 6.07) is 11.6. The van der Waals surface area contributed by atoms with Crippen LogP contribution in [0, 0.1) is 0 Å². The van der Waals surface area contributed by atoms with E-state index in [1.807, 2.05) is 0 Å². The molecule has 1 aromatic heterocycles. The highest BCUT2D eigenvalue weighted by Crippen LogP contribution is 2.36. The predicted octanol–water partition coefficient (Wildman–Crippen LogP) is 6.47. The zero-order valence-corrected chi connectivity index (χ0v) is 16.7. The average molecular weight is 438 g/mol. The molecule has 0 unspecified atom stereocenters. The van der Waals surface area contributed by atoms with E-state index in [1.54, 1.807) is 29.6 Å². The number of carbonyl (C=O) groups excluding carboxylic acids is 2. The third-order valence-electron chi connectivity index (χ3n) is 4.13. The van der Waals surface area contributed by atoms with Gasteiger partial charge in [-0.3, -0.25) is 9.59 Å². The number of halogens is 4. The molecule has 2 aromatic carbocycles. The quantitative estimate of drug-likeness (QED) is 0.465. The summed E-state index contributed by atoms with van der Waals surface area (Å²) in [4.78, 5) is 24.3. The highest BCUT2D eigenvalue weighted by Gasteiger charge is 2.31. The number of anilines is 1. The smallest absolute Gasteiger partial charge is 0.326 e. The standard InChI is InChI=1S/C21H15ClF3NO2S/c1-12(27)19-8-15(11-29-19)14-6-16(21(23,24)25)10-17(7-14)26-20(28)9-13-4-2-3-5-18(13)22/h2-8,10-11H,9H2,1H3,(H,26,28). The van der Waals surface area contributed by atoms with Gasteiger partial charge in [0, 0.05) is 10.7 Å². The lowest BCUT2D eigenvalue weighted by Crippen LogP contribution is -2.15. The molecule has 0 radical (unpaired) electrons. The van der Waals surface area contributed by atoms with Crippen molar-refractivity contribution in [2.24, 2.45) is 0 Å². The maximum Gasteiger partial charge on any atom is 0.416 e. The maximum absolute atomic E-state index is 13.4. The second kappa shape index (κ2) is 8.39. The van der Waals surface area contributed by atoms with E-state index in [2.05, 4.69) is 5.32 Å². The second-order valence-electron chi connectivity index (χ2n) is 6.37. The van der Waals surface area contributed by atoms with Gasteiger partial charge in [-0.2, -0.15) is 13.2 Å². The van der Waals surface area contributed by atoms with Crippen molar-refractivity contribution in [3.8, 4) is 11.1 Å². The van der Waals surface area contributed by atoms with Gasteiger partial charge in [0.2, 0.25) is 5.91 Å². The number of benzene rings is 2. The number of ketones is 1. The Balaban J connectivity index is 1.92. The van der Waals surface area contributed by atoms with Crippen LogP contribution in [0.4, 0.5) is 18.9 Å². The Hall–Kier alpha value is -2.64. The van der Waals surface area contributed by atoms with Crippen molar-refractivity contribution in [3.63, 3.8) is 0 Å². The number of hydrogen-bond acceptors (Lipinski definition) is 3. The van der Waals surface area contributed by atoms with Crippen LogP contribution in [0.1, 0.15) is 27.7 Å². The average Bonchev–Trinajstić information content (AvgIpc) is 3.13. The number of carbonyl (C=O) groups is 2. The van der Waals surface area contributed by atoms with E-state index < -0.39 is 17.6 Å². The summed E-state index contributed by atoms with van der Waals surface area (Å²) in [5.41, 5.74) is 0.438. The highest BCUT2D eigenvalue weighted by atomic mass is 35.5. The Morgan fingerprint density at radius 3 is 2.41 bits per heavy atom. The van der Waals surface area contributed by atoms with Gasteiger partial charge in [-0.25, -0.2) is 0 Å². The molecule has 1 heterocycles. The van der Waals surface area contributed by atoms with E-state index in [1.165, 1.54) is 19.1 Å². The molecule has 0 aliphatic carbocycles. The topological polar surface area (TPSA) is 46.2 Å². The molecule has 1 N–H and O–H groups in total. The van der Waals surface area contributed by atoms with Crippen molar-refractivity contribution in [1.82, 2.24) is 0 Å². The zero-order chi connectivity index (χ0) is 21.2. The molecule has 0 spiro atoms. The van der Waals surface area contributed by atoms with Crippen LogP contribution >= 0.6 is 22.9 Å². The first-order chi connectivity index (χ1) is 13.6. The van der Waals surface area contributed by atoms with Gasteiger partial charge < -0.3 is 5.32 Å². The minimum absolute atomic E-state index is 0.0162. The van der Waals surface area contributed by atoms with Gasteiger partial charge in [-0.15, -0.1) is 11.3 Å². The number of hydrogen-bond donors (Lipinski definition) is 1. The lowest BCUT2D eigenvalue weighted by molar-refractivity contribution is -0.137. The number of alkyl halides is 3. The van der Waals surface area contributed by atoms with Crippen molar-refractivity contribution in [2.75, 3.05) is 5.32 Å². The summed E-state index contributed by atoms with van der Waals surface area (Å²) < 4.78 is 40.1. The van der Waals surface area contributed by atoms with E-state index in [4.69, 9.17) is 11.6 Å². The summed E-state index contributed by atoms with van der Waals surface area (Å²) in [7, 11) is 0. The molecule has 3 aromatic rings. The Bertz CT molecular complexity index is 1080. The molecule has 0 saturated heterocycles. The van der Waals surface area contributed by atoms with Gasteiger partial charge >= 0.3 is 6.18 Å². The van der Waals surface area contributed by atoms with Gasteiger partial charge in [-0.05, 0) is 59.3 Å². The first-order valence-corrected chi connectivity index (χ1v) is 9.74. The van der Waals surface area contributed by atoms with Crippen LogP contribution in [0.25, 0.3) is 11.1 Å². The molecule has 150 valence electrons. The second-order valence-corrected chi connectivity index (χ2v) is 7.69. The van der Waals surface area contributed by atoms with Crippen LogP contribution in [-0.4, -0.2) is 11.7 Å². The molecular weight excluding hydrogens is 423 g/mol. The fourth-order valence-corrected chi connectivity index (χ4v) is 3.74. The highest BCUT2D eigenvalue weighted by molar-refractivity contribution is 7.12. The first-order valence-electron chi connectivity index (χ1n) is 8.49. The monoisotopic (exact) mass is 437 g/mol. The molecule has 3 rings (SSSR count). The molecule has 0 bridgehead atoms. The van der Waals surface area contributed by atoms with Crippen LogP contribution in [0.15, 0.2) is 53.9 Å². The fraction of sp³-hybridized carbons (Fsp3) is 0.143. The predicted molar refractivity (Wildman–Crippen MR) is 109 cm³/mol. The number of nitrogens with one attached hydrogen (secondary N) is 1. The van der Waals surface area contributed by atoms with E-state index in [0.717, 1.165) is 23.5 Å². The molecule has 1 amide bonds. The van der Waals surface area contributed by atoms with Gasteiger partial charge in [0.1, 0.15) is 0 Å². The molecule has 0 aliphatic heterocycles. The van der Waals surface area contributed by atoms with E-state index in [0.29, 0.717) is 21.0 Å². The van der Waals surface area contributed by atoms with Crippen molar-refractivity contribution in [3.05, 3.63) is 74.9 Å².